The van der Waals surface area contributed by atoms with E-state index in [0.29, 0.717) is 0 Å². The fourth-order valence-electron chi connectivity index (χ4n) is 4.01. The van der Waals surface area contributed by atoms with E-state index in [2.05, 4.69) is 86.0 Å². The number of aromatic nitrogens is 3. The number of imidazole rings is 1. The zero-order chi connectivity index (χ0) is 19.0. The highest BCUT2D eigenvalue weighted by Crippen LogP contribution is 2.37. The monoisotopic (exact) mass is 381 g/mol. The zero-order valence-corrected chi connectivity index (χ0v) is 16.8. The molecule has 0 aliphatic carbocycles. The number of benzene rings is 2. The van der Waals surface area contributed by atoms with Crippen molar-refractivity contribution in [2.24, 2.45) is 0 Å². The minimum atomic E-state index is 0.0336. The summed E-state index contributed by atoms with van der Waals surface area (Å²) in [5.74, 6) is 0. The first-order valence-electron chi connectivity index (χ1n) is 9.52. The minimum Gasteiger partial charge on any atom is -0.299 e. The Bertz CT molecular complexity index is 1550. The van der Waals surface area contributed by atoms with E-state index < -0.39 is 0 Å². The number of fused-ring (bicyclic) bond motifs is 8. The highest BCUT2D eigenvalue weighted by atomic mass is 32.1. The smallest absolute Gasteiger partial charge is 0.147 e. The van der Waals surface area contributed by atoms with Gasteiger partial charge in [0.05, 0.1) is 16.6 Å². The van der Waals surface area contributed by atoms with Crippen molar-refractivity contribution >= 4 is 59.1 Å². The number of nitrogens with zero attached hydrogens (tertiary/aromatic N) is 3. The van der Waals surface area contributed by atoms with Crippen LogP contribution in [0.25, 0.3) is 47.8 Å². The molecule has 0 saturated heterocycles. The molecular weight excluding hydrogens is 362 g/mol. The molecule has 4 heteroatoms. The van der Waals surface area contributed by atoms with Crippen LogP contribution in [0, 0.1) is 0 Å². The molecule has 0 bridgehead atoms. The largest absolute Gasteiger partial charge is 0.299 e. The van der Waals surface area contributed by atoms with Crippen molar-refractivity contribution in [2.45, 2.75) is 26.2 Å². The summed E-state index contributed by atoms with van der Waals surface area (Å²) >= 11 is 1.83. The van der Waals surface area contributed by atoms with Crippen LogP contribution in [0.4, 0.5) is 0 Å². The lowest BCUT2D eigenvalue weighted by Crippen LogP contribution is -2.13. The maximum atomic E-state index is 4.99. The van der Waals surface area contributed by atoms with E-state index >= 15 is 0 Å². The lowest BCUT2D eigenvalue weighted by molar-refractivity contribution is 0.571. The average molecular weight is 382 g/mol. The molecule has 136 valence electrons. The quantitative estimate of drug-likeness (QED) is 0.293. The van der Waals surface area contributed by atoms with Crippen molar-refractivity contribution < 1.29 is 0 Å². The third-order valence-corrected chi connectivity index (χ3v) is 6.64. The minimum absolute atomic E-state index is 0.0336. The highest BCUT2D eigenvalue weighted by Gasteiger charge is 2.17. The number of hydrogen-bond acceptors (Lipinski definition) is 3. The summed E-state index contributed by atoms with van der Waals surface area (Å²) in [4.78, 5) is 9.89. The number of rotatable bonds is 0. The second kappa shape index (κ2) is 5.30. The number of hydrogen-bond donors (Lipinski definition) is 0. The maximum Gasteiger partial charge on any atom is 0.147 e. The molecule has 0 atom stereocenters. The van der Waals surface area contributed by atoms with Gasteiger partial charge in [0, 0.05) is 42.9 Å². The molecule has 0 spiro atoms. The van der Waals surface area contributed by atoms with Gasteiger partial charge in [0.15, 0.2) is 0 Å². The summed E-state index contributed by atoms with van der Waals surface area (Å²) in [6.45, 7) is 6.58. The molecule has 0 fully saturated rings. The summed E-state index contributed by atoms with van der Waals surface area (Å²) in [5, 5.41) is 3.72. The lowest BCUT2D eigenvalue weighted by Gasteiger charge is -2.18. The van der Waals surface area contributed by atoms with E-state index in [1.807, 2.05) is 11.3 Å². The van der Waals surface area contributed by atoms with Crippen LogP contribution >= 0.6 is 11.3 Å². The fourth-order valence-corrected chi connectivity index (χ4v) is 5.13. The Morgan fingerprint density at radius 2 is 1.64 bits per heavy atom. The van der Waals surface area contributed by atoms with Gasteiger partial charge in [0.1, 0.15) is 5.65 Å². The molecule has 0 amide bonds. The van der Waals surface area contributed by atoms with Crippen molar-refractivity contribution in [2.75, 3.05) is 0 Å². The van der Waals surface area contributed by atoms with Gasteiger partial charge in [-0.25, -0.2) is 4.98 Å². The Balaban J connectivity index is 1.70. The fraction of sp³-hybridized carbons (Fsp3) is 0.167. The average Bonchev–Trinajstić information content (AvgIpc) is 3.22. The van der Waals surface area contributed by atoms with Gasteiger partial charge in [-0.1, -0.05) is 39.0 Å². The number of pyridine rings is 2. The summed E-state index contributed by atoms with van der Waals surface area (Å²) in [6.07, 6.45) is 2.10. The predicted octanol–water partition coefficient (Wildman–Crippen LogP) is 6.70. The van der Waals surface area contributed by atoms with Gasteiger partial charge < -0.3 is 0 Å². The zero-order valence-electron chi connectivity index (χ0n) is 16.0. The van der Waals surface area contributed by atoms with Crippen LogP contribution in [0.3, 0.4) is 0 Å². The molecule has 4 heterocycles. The van der Waals surface area contributed by atoms with Gasteiger partial charge in [-0.05, 0) is 36.4 Å². The van der Waals surface area contributed by atoms with Crippen LogP contribution in [-0.2, 0) is 5.41 Å². The van der Waals surface area contributed by atoms with Crippen molar-refractivity contribution in [3.8, 4) is 0 Å². The third-order valence-electron chi connectivity index (χ3n) is 5.50. The van der Waals surface area contributed by atoms with Gasteiger partial charge in [0.25, 0.3) is 0 Å². The molecule has 28 heavy (non-hydrogen) atoms. The predicted molar refractivity (Wildman–Crippen MR) is 120 cm³/mol. The van der Waals surface area contributed by atoms with Gasteiger partial charge in [0.2, 0.25) is 0 Å². The van der Waals surface area contributed by atoms with Gasteiger partial charge in [-0.3, -0.25) is 9.38 Å². The Kier molecular flexibility index (Phi) is 3.03. The molecule has 0 unspecified atom stereocenters. The SMILES string of the molecule is CC(C)(C)c1ccc2c(ccn3c4cc5c(cc4nc23)sc2ccccc25)n1. The Morgan fingerprint density at radius 1 is 0.786 bits per heavy atom. The molecule has 6 rings (SSSR count). The van der Waals surface area contributed by atoms with Gasteiger partial charge in [-0.2, -0.15) is 0 Å². The second-order valence-electron chi connectivity index (χ2n) is 8.44. The molecule has 2 aromatic carbocycles. The van der Waals surface area contributed by atoms with E-state index in [9.17, 15) is 0 Å². The molecule has 0 radical (unpaired) electrons. The molecule has 3 nitrogen and oxygen atoms in total. The van der Waals surface area contributed by atoms with E-state index in [0.717, 1.165) is 33.3 Å². The van der Waals surface area contributed by atoms with E-state index in [-0.39, 0.29) is 5.41 Å². The molecule has 0 N–H and O–H groups in total. The normalized spacial score (nSPS) is 12.8. The Morgan fingerprint density at radius 3 is 2.50 bits per heavy atom. The van der Waals surface area contributed by atoms with E-state index in [1.165, 1.54) is 20.2 Å². The molecular formula is C24H19N3S. The summed E-state index contributed by atoms with van der Waals surface area (Å²) in [7, 11) is 0. The van der Waals surface area contributed by atoms with E-state index in [1.54, 1.807) is 0 Å². The summed E-state index contributed by atoms with van der Waals surface area (Å²) in [6, 6.07) is 19.5. The molecule has 0 aliphatic rings. The number of thiophene rings is 1. The van der Waals surface area contributed by atoms with Gasteiger partial charge >= 0.3 is 0 Å². The van der Waals surface area contributed by atoms with Crippen LogP contribution in [0.2, 0.25) is 0 Å². The first kappa shape index (κ1) is 16.0. The Hall–Kier alpha value is -2.98. The van der Waals surface area contributed by atoms with Gasteiger partial charge in [-0.15, -0.1) is 11.3 Å². The summed E-state index contributed by atoms with van der Waals surface area (Å²) in [5.41, 5.74) is 5.29. The molecule has 4 aromatic heterocycles. The standard InChI is InChI=1S/C24H19N3S/c1-24(2,3)22-9-8-15-17(25-22)10-11-27-19-12-16-14-6-4-5-7-20(14)28-21(16)13-18(19)26-23(15)27/h4-13H,1-3H3. The molecule has 6 aromatic rings. The lowest BCUT2D eigenvalue weighted by atomic mass is 9.91. The first-order chi connectivity index (χ1) is 13.5. The molecule has 0 aliphatic heterocycles. The molecule has 0 saturated carbocycles. The van der Waals surface area contributed by atoms with Crippen LogP contribution in [0.5, 0.6) is 0 Å². The topological polar surface area (TPSA) is 30.2 Å². The van der Waals surface area contributed by atoms with Crippen molar-refractivity contribution in [3.63, 3.8) is 0 Å². The highest BCUT2D eigenvalue weighted by molar-refractivity contribution is 7.25. The third kappa shape index (κ3) is 2.15. The van der Waals surface area contributed by atoms with Crippen molar-refractivity contribution in [1.82, 2.24) is 14.4 Å². The maximum absolute atomic E-state index is 4.99. The van der Waals surface area contributed by atoms with Crippen LogP contribution in [-0.4, -0.2) is 14.4 Å². The van der Waals surface area contributed by atoms with Crippen molar-refractivity contribution in [1.29, 1.82) is 0 Å². The van der Waals surface area contributed by atoms with Crippen LogP contribution in [0.15, 0.2) is 60.8 Å². The van der Waals surface area contributed by atoms with Crippen LogP contribution in [0.1, 0.15) is 26.5 Å². The van der Waals surface area contributed by atoms with Crippen LogP contribution < -0.4 is 0 Å². The summed E-state index contributed by atoms with van der Waals surface area (Å²) < 4.78 is 4.81. The first-order valence-corrected chi connectivity index (χ1v) is 10.3. The van der Waals surface area contributed by atoms with Crippen molar-refractivity contribution in [3.05, 3.63) is 66.5 Å². The second-order valence-corrected chi connectivity index (χ2v) is 9.52. The Labute approximate surface area is 166 Å². The van der Waals surface area contributed by atoms with E-state index in [4.69, 9.17) is 9.97 Å².